The van der Waals surface area contributed by atoms with E-state index in [4.69, 9.17) is 0 Å². The van der Waals surface area contributed by atoms with Crippen LogP contribution in [0.25, 0.3) is 11.3 Å². The third-order valence-electron chi connectivity index (χ3n) is 5.31. The first-order valence-electron chi connectivity index (χ1n) is 9.73. The normalized spacial score (nSPS) is 16.1. The van der Waals surface area contributed by atoms with Gasteiger partial charge in [-0.25, -0.2) is 0 Å². The molecule has 1 amide bonds. The average molecular weight is 431 g/mol. The molecule has 1 aliphatic rings. The molecule has 0 unspecified atom stereocenters. The molecule has 0 spiro atoms. The molecule has 0 saturated heterocycles. The van der Waals surface area contributed by atoms with Gasteiger partial charge in [-0.2, -0.15) is 18.3 Å². The zero-order chi connectivity index (χ0) is 22.3. The number of nitrogens with one attached hydrogen (secondary N) is 1. The number of halogens is 3. The summed E-state index contributed by atoms with van der Waals surface area (Å²) >= 11 is 0. The van der Waals surface area contributed by atoms with Crippen molar-refractivity contribution in [1.82, 2.24) is 24.6 Å². The second-order valence-corrected chi connectivity index (χ2v) is 7.60. The lowest BCUT2D eigenvalue weighted by Crippen LogP contribution is -2.33. The van der Waals surface area contributed by atoms with Gasteiger partial charge in [-0.15, -0.1) is 0 Å². The molecule has 1 N–H and O–H groups in total. The van der Waals surface area contributed by atoms with Gasteiger partial charge in [0.2, 0.25) is 0 Å². The highest BCUT2D eigenvalue weighted by atomic mass is 19.4. The Kier molecular flexibility index (Phi) is 5.16. The third-order valence-corrected chi connectivity index (χ3v) is 5.31. The van der Waals surface area contributed by atoms with E-state index in [0.29, 0.717) is 35.3 Å². The standard InChI is InChI=1S/C21H20F3N5O2/c1-12-8-14(11-28(2)20(12)31)19(30)26-15-4-3-7-29-17(15)10-16(27-29)13-5-6-25-18(9-13)21(22,23)24/h5-6,8-11,15H,3-4,7H2,1-2H3,(H,26,30)/t15-/m0/s1. The van der Waals surface area contributed by atoms with Gasteiger partial charge in [0.25, 0.3) is 11.5 Å². The second-order valence-electron chi connectivity index (χ2n) is 7.60. The summed E-state index contributed by atoms with van der Waals surface area (Å²) in [4.78, 5) is 28.0. The summed E-state index contributed by atoms with van der Waals surface area (Å²) in [5, 5.41) is 7.40. The summed E-state index contributed by atoms with van der Waals surface area (Å²) in [6.45, 7) is 2.25. The Morgan fingerprint density at radius 3 is 2.74 bits per heavy atom. The van der Waals surface area contributed by atoms with Gasteiger partial charge in [0.1, 0.15) is 5.69 Å². The Morgan fingerprint density at radius 2 is 2.03 bits per heavy atom. The molecule has 0 aromatic carbocycles. The lowest BCUT2D eigenvalue weighted by molar-refractivity contribution is -0.141. The molecule has 3 aromatic rings. The van der Waals surface area contributed by atoms with Gasteiger partial charge in [-0.1, -0.05) is 0 Å². The predicted octanol–water partition coefficient (Wildman–Crippen LogP) is 3.24. The van der Waals surface area contributed by atoms with Crippen molar-refractivity contribution in [2.75, 3.05) is 0 Å². The molecule has 3 aromatic heterocycles. The molecule has 0 saturated carbocycles. The van der Waals surface area contributed by atoms with E-state index >= 15 is 0 Å². The summed E-state index contributed by atoms with van der Waals surface area (Å²) < 4.78 is 42.1. The van der Waals surface area contributed by atoms with Crippen LogP contribution in [-0.2, 0) is 19.8 Å². The number of pyridine rings is 2. The molecule has 162 valence electrons. The molecule has 10 heteroatoms. The van der Waals surface area contributed by atoms with Crippen LogP contribution < -0.4 is 10.9 Å². The zero-order valence-corrected chi connectivity index (χ0v) is 16.9. The quantitative estimate of drug-likeness (QED) is 0.690. The van der Waals surface area contributed by atoms with Gasteiger partial charge in [0.15, 0.2) is 0 Å². The first-order chi connectivity index (χ1) is 14.6. The van der Waals surface area contributed by atoms with Crippen molar-refractivity contribution in [3.8, 4) is 11.3 Å². The molecule has 31 heavy (non-hydrogen) atoms. The van der Waals surface area contributed by atoms with Crippen molar-refractivity contribution in [3.63, 3.8) is 0 Å². The number of aryl methyl sites for hydroxylation is 3. The van der Waals surface area contributed by atoms with Gasteiger partial charge >= 0.3 is 6.18 Å². The molecule has 7 nitrogen and oxygen atoms in total. The summed E-state index contributed by atoms with van der Waals surface area (Å²) in [6, 6.07) is 5.34. The van der Waals surface area contributed by atoms with Crippen LogP contribution in [-0.4, -0.2) is 25.2 Å². The zero-order valence-electron chi connectivity index (χ0n) is 16.9. The maximum atomic E-state index is 13.0. The maximum Gasteiger partial charge on any atom is 0.433 e. The van der Waals surface area contributed by atoms with Gasteiger partial charge in [0, 0.05) is 37.1 Å². The highest BCUT2D eigenvalue weighted by Gasteiger charge is 2.33. The Bertz CT molecular complexity index is 1190. The smallest absolute Gasteiger partial charge is 0.344 e. The topological polar surface area (TPSA) is 81.8 Å². The summed E-state index contributed by atoms with van der Waals surface area (Å²) in [7, 11) is 1.58. The van der Waals surface area contributed by atoms with Crippen molar-refractivity contribution >= 4 is 5.91 Å². The fourth-order valence-electron chi connectivity index (χ4n) is 3.76. The van der Waals surface area contributed by atoms with E-state index in [1.54, 1.807) is 30.8 Å². The van der Waals surface area contributed by atoms with Crippen molar-refractivity contribution < 1.29 is 18.0 Å². The molecule has 0 aliphatic carbocycles. The van der Waals surface area contributed by atoms with Crippen LogP contribution in [0.4, 0.5) is 13.2 Å². The molecule has 4 heterocycles. The van der Waals surface area contributed by atoms with E-state index in [1.807, 2.05) is 0 Å². The predicted molar refractivity (Wildman–Crippen MR) is 106 cm³/mol. The average Bonchev–Trinajstić information content (AvgIpc) is 3.16. The van der Waals surface area contributed by atoms with Crippen LogP contribution in [0, 0.1) is 6.92 Å². The number of carbonyl (C=O) groups is 1. The van der Waals surface area contributed by atoms with Crippen molar-refractivity contribution in [2.45, 2.75) is 38.5 Å². The number of fused-ring (bicyclic) bond motifs is 1. The van der Waals surface area contributed by atoms with Crippen LogP contribution >= 0.6 is 0 Å². The fraction of sp³-hybridized carbons (Fsp3) is 0.333. The largest absolute Gasteiger partial charge is 0.433 e. The van der Waals surface area contributed by atoms with Crippen molar-refractivity contribution in [2.24, 2.45) is 7.05 Å². The van der Waals surface area contributed by atoms with Crippen LogP contribution in [0.5, 0.6) is 0 Å². The first kappa shape index (κ1) is 20.8. The van der Waals surface area contributed by atoms with Crippen LogP contribution in [0.3, 0.4) is 0 Å². The summed E-state index contributed by atoms with van der Waals surface area (Å²) in [6.07, 6.45) is -0.523. The molecular weight excluding hydrogens is 411 g/mol. The molecule has 0 fully saturated rings. The maximum absolute atomic E-state index is 13.0. The molecule has 1 atom stereocenters. The molecule has 1 aliphatic heterocycles. The number of amides is 1. The lowest BCUT2D eigenvalue weighted by Gasteiger charge is -2.24. The molecule has 4 rings (SSSR count). The Balaban J connectivity index is 1.62. The number of hydrogen-bond donors (Lipinski definition) is 1. The highest BCUT2D eigenvalue weighted by Crippen LogP contribution is 2.32. The minimum Gasteiger partial charge on any atom is -0.344 e. The number of hydrogen-bond acceptors (Lipinski definition) is 4. The summed E-state index contributed by atoms with van der Waals surface area (Å²) in [5.74, 6) is -0.330. The van der Waals surface area contributed by atoms with E-state index in [-0.39, 0.29) is 17.5 Å². The Hall–Kier alpha value is -3.43. The van der Waals surface area contributed by atoms with Crippen LogP contribution in [0.1, 0.15) is 46.2 Å². The minimum absolute atomic E-state index is 0.174. The molecule has 0 bridgehead atoms. The molecular formula is C21H20F3N5O2. The number of rotatable bonds is 3. The fourth-order valence-corrected chi connectivity index (χ4v) is 3.76. The molecule has 0 radical (unpaired) electrons. The van der Waals surface area contributed by atoms with Gasteiger partial charge < -0.3 is 9.88 Å². The number of alkyl halides is 3. The van der Waals surface area contributed by atoms with Crippen LogP contribution in [0.2, 0.25) is 0 Å². The van der Waals surface area contributed by atoms with E-state index in [1.165, 1.54) is 16.8 Å². The second kappa shape index (κ2) is 7.68. The van der Waals surface area contributed by atoms with Gasteiger partial charge in [-0.3, -0.25) is 19.3 Å². The monoisotopic (exact) mass is 431 g/mol. The van der Waals surface area contributed by atoms with E-state index in [9.17, 15) is 22.8 Å². The van der Waals surface area contributed by atoms with E-state index < -0.39 is 11.9 Å². The minimum atomic E-state index is -4.54. The van der Waals surface area contributed by atoms with E-state index in [2.05, 4.69) is 15.4 Å². The van der Waals surface area contributed by atoms with Crippen LogP contribution in [0.15, 0.2) is 41.5 Å². The first-order valence-corrected chi connectivity index (χ1v) is 9.73. The van der Waals surface area contributed by atoms with E-state index in [0.717, 1.165) is 24.4 Å². The Morgan fingerprint density at radius 1 is 1.26 bits per heavy atom. The third kappa shape index (κ3) is 4.10. The van der Waals surface area contributed by atoms with Crippen molar-refractivity contribution in [3.05, 3.63) is 69.5 Å². The number of aromatic nitrogens is 4. The lowest BCUT2D eigenvalue weighted by atomic mass is 10.0. The van der Waals surface area contributed by atoms with Crippen molar-refractivity contribution in [1.29, 1.82) is 0 Å². The SMILES string of the molecule is Cc1cc(C(=O)N[C@H]2CCCn3nc(-c4ccnc(C(F)(F)F)c4)cc32)cn(C)c1=O. The highest BCUT2D eigenvalue weighted by molar-refractivity contribution is 5.94. The Labute approximate surface area is 175 Å². The summed E-state index contributed by atoms with van der Waals surface area (Å²) in [5.41, 5.74) is 1.09. The number of carbonyl (C=O) groups excluding carboxylic acids is 1. The van der Waals surface area contributed by atoms with Gasteiger partial charge in [-0.05, 0) is 44.0 Å². The number of nitrogens with zero attached hydrogens (tertiary/aromatic N) is 4. The van der Waals surface area contributed by atoms with Gasteiger partial charge in [0.05, 0.1) is 23.0 Å².